The smallest absolute Gasteiger partial charge is 0.124 e. The Kier molecular flexibility index (Phi) is 4.15. The van der Waals surface area contributed by atoms with Gasteiger partial charge in [0, 0.05) is 14.5 Å². The number of fused-ring (bicyclic) bond motifs is 1. The molecule has 2 aromatic heterocycles. The largest absolute Gasteiger partial charge is 0.305 e. The van der Waals surface area contributed by atoms with E-state index in [1.165, 1.54) is 15.8 Å². The van der Waals surface area contributed by atoms with Crippen molar-refractivity contribution in [3.8, 4) is 0 Å². The van der Waals surface area contributed by atoms with Crippen molar-refractivity contribution < 1.29 is 4.39 Å². The lowest BCUT2D eigenvalue weighted by molar-refractivity contribution is 0.613. The zero-order chi connectivity index (χ0) is 13.9. The summed E-state index contributed by atoms with van der Waals surface area (Å²) in [5.41, 5.74) is 0. The summed E-state index contributed by atoms with van der Waals surface area (Å²) >= 11 is 3.43. The molecule has 0 aliphatic rings. The predicted octanol–water partition coefficient (Wildman–Crippen LogP) is 5.19. The monoisotopic (exact) mass is 305 g/mol. The van der Waals surface area contributed by atoms with Crippen LogP contribution in [0.4, 0.5) is 4.39 Å². The Morgan fingerprint density at radius 1 is 1.20 bits per heavy atom. The fraction of sp³-hybridized carbons (Fsp3) is 0.250. The Balaban J connectivity index is 1.99. The molecule has 3 rings (SSSR count). The predicted molar refractivity (Wildman–Crippen MR) is 86.2 cm³/mol. The van der Waals surface area contributed by atoms with Crippen LogP contribution in [0.2, 0.25) is 0 Å². The Morgan fingerprint density at radius 2 is 2.10 bits per heavy atom. The number of rotatable bonds is 5. The van der Waals surface area contributed by atoms with Crippen LogP contribution in [0.25, 0.3) is 10.1 Å². The molecule has 0 aliphatic heterocycles. The zero-order valence-corrected chi connectivity index (χ0v) is 12.9. The zero-order valence-electron chi connectivity index (χ0n) is 11.2. The molecule has 0 saturated heterocycles. The molecule has 104 valence electrons. The normalized spacial score (nSPS) is 12.9. The van der Waals surface area contributed by atoms with E-state index in [1.54, 1.807) is 28.7 Å². The average Bonchev–Trinajstić information content (AvgIpc) is 3.08. The highest BCUT2D eigenvalue weighted by Crippen LogP contribution is 2.35. The summed E-state index contributed by atoms with van der Waals surface area (Å²) in [5.74, 6) is -0.167. The van der Waals surface area contributed by atoms with Crippen molar-refractivity contribution in [1.29, 1.82) is 0 Å². The van der Waals surface area contributed by atoms with Gasteiger partial charge >= 0.3 is 0 Å². The maximum atomic E-state index is 13.3. The first-order chi connectivity index (χ1) is 9.78. The van der Waals surface area contributed by atoms with E-state index >= 15 is 0 Å². The van der Waals surface area contributed by atoms with Crippen LogP contribution in [-0.2, 0) is 0 Å². The summed E-state index contributed by atoms with van der Waals surface area (Å²) in [4.78, 5) is 2.56. The van der Waals surface area contributed by atoms with Gasteiger partial charge in [0.05, 0.1) is 6.04 Å². The minimum atomic E-state index is -0.167. The molecule has 1 atom stereocenters. The third-order valence-corrected chi connectivity index (χ3v) is 5.31. The van der Waals surface area contributed by atoms with Gasteiger partial charge in [-0.15, -0.1) is 22.7 Å². The van der Waals surface area contributed by atoms with Crippen LogP contribution in [0, 0.1) is 5.82 Å². The van der Waals surface area contributed by atoms with Gasteiger partial charge in [0.15, 0.2) is 0 Å². The lowest BCUT2D eigenvalue weighted by Gasteiger charge is -2.15. The highest BCUT2D eigenvalue weighted by Gasteiger charge is 2.17. The minimum absolute atomic E-state index is 0.167. The Morgan fingerprint density at radius 3 is 2.85 bits per heavy atom. The molecule has 0 spiro atoms. The molecule has 1 N–H and O–H groups in total. The average molecular weight is 305 g/mol. The van der Waals surface area contributed by atoms with Crippen molar-refractivity contribution in [2.45, 2.75) is 19.4 Å². The second-order valence-corrected chi connectivity index (χ2v) is 6.83. The molecule has 0 aliphatic carbocycles. The number of hydrogen-bond donors (Lipinski definition) is 1. The van der Waals surface area contributed by atoms with E-state index in [4.69, 9.17) is 0 Å². The lowest BCUT2D eigenvalue weighted by atomic mass is 10.1. The van der Waals surface area contributed by atoms with E-state index in [0.717, 1.165) is 23.1 Å². The van der Waals surface area contributed by atoms with Gasteiger partial charge < -0.3 is 5.32 Å². The maximum absolute atomic E-state index is 13.3. The second-order valence-electron chi connectivity index (χ2n) is 4.73. The molecule has 1 nitrogen and oxygen atoms in total. The molecule has 0 saturated carbocycles. The van der Waals surface area contributed by atoms with Crippen LogP contribution >= 0.6 is 22.7 Å². The lowest BCUT2D eigenvalue weighted by Crippen LogP contribution is -2.21. The third-order valence-electron chi connectivity index (χ3n) is 3.21. The molecule has 0 radical (unpaired) electrons. The summed E-state index contributed by atoms with van der Waals surface area (Å²) in [6.45, 7) is 3.14. The molecule has 2 heterocycles. The number of hydrogen-bond acceptors (Lipinski definition) is 3. The number of halogens is 1. The molecule has 0 fully saturated rings. The minimum Gasteiger partial charge on any atom is -0.305 e. The van der Waals surface area contributed by atoms with Gasteiger partial charge in [-0.3, -0.25) is 0 Å². The van der Waals surface area contributed by atoms with E-state index in [1.807, 2.05) is 6.07 Å². The van der Waals surface area contributed by atoms with Crippen molar-refractivity contribution in [2.24, 2.45) is 0 Å². The highest BCUT2D eigenvalue weighted by atomic mass is 32.1. The maximum Gasteiger partial charge on any atom is 0.124 e. The molecular formula is C16H16FNS2. The summed E-state index contributed by atoms with van der Waals surface area (Å²) in [7, 11) is 0. The van der Waals surface area contributed by atoms with E-state index in [-0.39, 0.29) is 11.9 Å². The first-order valence-electron chi connectivity index (χ1n) is 6.73. The van der Waals surface area contributed by atoms with Crippen molar-refractivity contribution in [3.05, 3.63) is 57.3 Å². The SMILES string of the molecule is CCCNC(c1cccs1)c1cc2ccc(F)cc2s1. The molecule has 0 bridgehead atoms. The third kappa shape index (κ3) is 2.77. The van der Waals surface area contributed by atoms with Crippen molar-refractivity contribution in [1.82, 2.24) is 5.32 Å². The van der Waals surface area contributed by atoms with E-state index in [2.05, 4.69) is 35.8 Å². The van der Waals surface area contributed by atoms with Gasteiger partial charge in [0.25, 0.3) is 0 Å². The van der Waals surface area contributed by atoms with Gasteiger partial charge in [0.2, 0.25) is 0 Å². The topological polar surface area (TPSA) is 12.0 Å². The molecule has 3 aromatic rings. The first-order valence-corrected chi connectivity index (χ1v) is 8.43. The van der Waals surface area contributed by atoms with Crippen LogP contribution < -0.4 is 5.32 Å². The fourth-order valence-electron chi connectivity index (χ4n) is 2.25. The van der Waals surface area contributed by atoms with Crippen LogP contribution in [0.5, 0.6) is 0 Å². The standard InChI is InChI=1S/C16H16FNS2/c1-2-7-18-16(13-4-3-8-19-13)15-9-11-5-6-12(17)10-14(11)20-15/h3-6,8-10,16,18H,2,7H2,1H3. The molecule has 4 heteroatoms. The number of benzene rings is 1. The second kappa shape index (κ2) is 6.04. The van der Waals surface area contributed by atoms with E-state index < -0.39 is 0 Å². The van der Waals surface area contributed by atoms with Crippen molar-refractivity contribution in [3.63, 3.8) is 0 Å². The van der Waals surface area contributed by atoms with E-state index in [0.29, 0.717) is 0 Å². The number of nitrogens with one attached hydrogen (secondary N) is 1. The Bertz CT molecular complexity index is 688. The van der Waals surface area contributed by atoms with Gasteiger partial charge in [0.1, 0.15) is 5.82 Å². The van der Waals surface area contributed by atoms with E-state index in [9.17, 15) is 4.39 Å². The summed E-state index contributed by atoms with van der Waals surface area (Å²) < 4.78 is 14.3. The Hall–Kier alpha value is -1.23. The molecule has 20 heavy (non-hydrogen) atoms. The number of thiophene rings is 2. The van der Waals surface area contributed by atoms with Crippen LogP contribution in [0.15, 0.2) is 41.8 Å². The van der Waals surface area contributed by atoms with Gasteiger partial charge in [-0.25, -0.2) is 4.39 Å². The fourth-order valence-corrected chi connectivity index (χ4v) is 4.33. The molecular weight excluding hydrogens is 289 g/mol. The Labute approximate surface area is 126 Å². The van der Waals surface area contributed by atoms with Crippen LogP contribution in [0.1, 0.15) is 29.1 Å². The summed E-state index contributed by atoms with van der Waals surface area (Å²) in [6.07, 6.45) is 1.10. The van der Waals surface area contributed by atoms with Crippen molar-refractivity contribution in [2.75, 3.05) is 6.54 Å². The highest BCUT2D eigenvalue weighted by molar-refractivity contribution is 7.19. The molecule has 1 unspecified atom stereocenters. The summed E-state index contributed by atoms with van der Waals surface area (Å²) in [5, 5.41) is 6.81. The summed E-state index contributed by atoms with van der Waals surface area (Å²) in [6, 6.07) is 11.6. The quantitative estimate of drug-likeness (QED) is 0.684. The van der Waals surface area contributed by atoms with Crippen molar-refractivity contribution >= 4 is 32.8 Å². The van der Waals surface area contributed by atoms with Gasteiger partial charge in [-0.1, -0.05) is 19.1 Å². The van der Waals surface area contributed by atoms with Crippen LogP contribution in [0.3, 0.4) is 0 Å². The van der Waals surface area contributed by atoms with Crippen LogP contribution in [-0.4, -0.2) is 6.54 Å². The molecule has 1 aromatic carbocycles. The van der Waals surface area contributed by atoms with Gasteiger partial charge in [-0.2, -0.15) is 0 Å². The van der Waals surface area contributed by atoms with Gasteiger partial charge in [-0.05, 0) is 48.0 Å². The molecule has 0 amide bonds. The first kappa shape index (κ1) is 13.7.